The van der Waals surface area contributed by atoms with Crippen LogP contribution >= 0.6 is 11.6 Å². The first-order valence-electron chi connectivity index (χ1n) is 10.0. The standard InChI is InChI=1S/C22H25ClN4O2/c23-17-13-26-21-20(17)19(10-11-25-21)29-16-8-6-14(7-9-16)12-18(24)22(28)27-15-4-2-1-3-5-15/h6-11,13,15,18H,1-5,12,24H2,(H,25,26)(H,27,28). The molecule has 0 radical (unpaired) electrons. The number of benzene rings is 1. The maximum absolute atomic E-state index is 12.4. The summed E-state index contributed by atoms with van der Waals surface area (Å²) in [4.78, 5) is 19.6. The topological polar surface area (TPSA) is 93.0 Å². The van der Waals surface area contributed by atoms with E-state index >= 15 is 0 Å². The van der Waals surface area contributed by atoms with Gasteiger partial charge in [0.1, 0.15) is 17.1 Å². The summed E-state index contributed by atoms with van der Waals surface area (Å²) in [6.07, 6.45) is 9.57. The number of fused-ring (bicyclic) bond motifs is 1. The average molecular weight is 413 g/mol. The zero-order valence-electron chi connectivity index (χ0n) is 16.2. The molecule has 2 aromatic heterocycles. The third-order valence-corrected chi connectivity index (χ3v) is 5.68. The van der Waals surface area contributed by atoms with Crippen LogP contribution in [0.2, 0.25) is 5.02 Å². The minimum Gasteiger partial charge on any atom is -0.456 e. The molecule has 6 nitrogen and oxygen atoms in total. The van der Waals surface area contributed by atoms with Crippen LogP contribution in [0.5, 0.6) is 11.5 Å². The van der Waals surface area contributed by atoms with Crippen molar-refractivity contribution in [2.24, 2.45) is 5.73 Å². The Morgan fingerprint density at radius 2 is 2.00 bits per heavy atom. The van der Waals surface area contributed by atoms with E-state index in [1.54, 1.807) is 18.5 Å². The molecule has 0 aliphatic heterocycles. The summed E-state index contributed by atoms with van der Waals surface area (Å²) in [5, 5.41) is 4.41. The molecule has 1 atom stereocenters. The van der Waals surface area contributed by atoms with Crippen LogP contribution in [0.4, 0.5) is 0 Å². The lowest BCUT2D eigenvalue weighted by molar-refractivity contribution is -0.123. The lowest BCUT2D eigenvalue weighted by atomic mass is 9.95. The number of amides is 1. The first kappa shape index (κ1) is 19.7. The summed E-state index contributed by atoms with van der Waals surface area (Å²) in [5.41, 5.74) is 7.80. The van der Waals surface area contributed by atoms with Crippen molar-refractivity contribution in [1.29, 1.82) is 0 Å². The van der Waals surface area contributed by atoms with Crippen molar-refractivity contribution < 1.29 is 9.53 Å². The van der Waals surface area contributed by atoms with Crippen LogP contribution < -0.4 is 15.8 Å². The van der Waals surface area contributed by atoms with Crippen molar-refractivity contribution >= 4 is 28.5 Å². The van der Waals surface area contributed by atoms with Gasteiger partial charge in [0.25, 0.3) is 0 Å². The molecule has 0 spiro atoms. The number of H-pyrrole nitrogens is 1. The van der Waals surface area contributed by atoms with Gasteiger partial charge in [-0.05, 0) is 43.0 Å². The van der Waals surface area contributed by atoms with Crippen molar-refractivity contribution in [3.63, 3.8) is 0 Å². The van der Waals surface area contributed by atoms with Crippen LogP contribution in [-0.2, 0) is 11.2 Å². The molecule has 4 rings (SSSR count). The highest BCUT2D eigenvalue weighted by molar-refractivity contribution is 6.36. The largest absolute Gasteiger partial charge is 0.456 e. The molecule has 1 aliphatic rings. The maximum Gasteiger partial charge on any atom is 0.237 e. The van der Waals surface area contributed by atoms with Gasteiger partial charge in [-0.1, -0.05) is 43.0 Å². The number of rotatable bonds is 6. The van der Waals surface area contributed by atoms with Crippen LogP contribution in [0.25, 0.3) is 11.0 Å². The number of nitrogens with zero attached hydrogens (tertiary/aromatic N) is 1. The lowest BCUT2D eigenvalue weighted by Crippen LogP contribution is -2.46. The number of carbonyl (C=O) groups is 1. The molecule has 2 heterocycles. The van der Waals surface area contributed by atoms with Gasteiger partial charge in [-0.25, -0.2) is 4.98 Å². The number of aromatic amines is 1. The molecule has 0 saturated heterocycles. The Labute approximate surface area is 174 Å². The minimum absolute atomic E-state index is 0.0708. The highest BCUT2D eigenvalue weighted by atomic mass is 35.5. The van der Waals surface area contributed by atoms with Gasteiger partial charge in [-0.3, -0.25) is 4.79 Å². The van der Waals surface area contributed by atoms with Gasteiger partial charge < -0.3 is 20.8 Å². The van der Waals surface area contributed by atoms with E-state index in [0.29, 0.717) is 28.6 Å². The predicted molar refractivity (Wildman–Crippen MR) is 114 cm³/mol. The summed E-state index contributed by atoms with van der Waals surface area (Å²) >= 11 is 6.22. The smallest absolute Gasteiger partial charge is 0.237 e. The highest BCUT2D eigenvalue weighted by Gasteiger charge is 2.20. The number of carbonyl (C=O) groups excluding carboxylic acids is 1. The zero-order valence-corrected chi connectivity index (χ0v) is 16.9. The molecule has 1 saturated carbocycles. The summed E-state index contributed by atoms with van der Waals surface area (Å²) in [5.74, 6) is 1.25. The number of nitrogens with two attached hydrogens (primary N) is 1. The molecule has 1 amide bonds. The van der Waals surface area contributed by atoms with Crippen molar-refractivity contribution in [3.8, 4) is 11.5 Å². The zero-order chi connectivity index (χ0) is 20.2. The maximum atomic E-state index is 12.4. The highest BCUT2D eigenvalue weighted by Crippen LogP contribution is 2.33. The molecule has 152 valence electrons. The van der Waals surface area contributed by atoms with E-state index in [9.17, 15) is 4.79 Å². The monoisotopic (exact) mass is 412 g/mol. The van der Waals surface area contributed by atoms with Gasteiger partial charge in [0, 0.05) is 18.4 Å². The summed E-state index contributed by atoms with van der Waals surface area (Å²) < 4.78 is 5.98. The van der Waals surface area contributed by atoms with Gasteiger partial charge in [-0.15, -0.1) is 0 Å². The predicted octanol–water partition coefficient (Wildman–Crippen LogP) is 4.33. The van der Waals surface area contributed by atoms with E-state index in [1.165, 1.54) is 19.3 Å². The molecule has 1 aromatic carbocycles. The third-order valence-electron chi connectivity index (χ3n) is 5.38. The van der Waals surface area contributed by atoms with Gasteiger partial charge in [0.2, 0.25) is 5.91 Å². The van der Waals surface area contributed by atoms with Crippen LogP contribution in [0.1, 0.15) is 37.7 Å². The Morgan fingerprint density at radius 1 is 1.24 bits per heavy atom. The fourth-order valence-electron chi connectivity index (χ4n) is 3.80. The van der Waals surface area contributed by atoms with Crippen LogP contribution in [-0.4, -0.2) is 28.0 Å². The molecule has 1 fully saturated rings. The molecule has 7 heteroatoms. The van der Waals surface area contributed by atoms with Crippen LogP contribution in [0.15, 0.2) is 42.7 Å². The molecular formula is C22H25ClN4O2. The first-order valence-corrected chi connectivity index (χ1v) is 10.4. The molecular weight excluding hydrogens is 388 g/mol. The summed E-state index contributed by atoms with van der Waals surface area (Å²) in [7, 11) is 0. The normalized spacial score (nSPS) is 15.9. The molecule has 1 unspecified atom stereocenters. The Kier molecular flexibility index (Phi) is 6.02. The van der Waals surface area contributed by atoms with Gasteiger partial charge in [-0.2, -0.15) is 0 Å². The molecule has 0 bridgehead atoms. The number of nitrogens with one attached hydrogen (secondary N) is 2. The Morgan fingerprint density at radius 3 is 2.76 bits per heavy atom. The SMILES string of the molecule is NC(Cc1ccc(Oc2ccnc3[nH]cc(Cl)c23)cc1)C(=O)NC1CCCCC1. The Hall–Kier alpha value is -2.57. The van der Waals surface area contributed by atoms with E-state index in [2.05, 4.69) is 15.3 Å². The van der Waals surface area contributed by atoms with Crippen LogP contribution in [0.3, 0.4) is 0 Å². The Balaban J connectivity index is 1.37. The second kappa shape index (κ2) is 8.84. The number of pyridine rings is 1. The van der Waals surface area contributed by atoms with Gasteiger partial charge in [0.15, 0.2) is 0 Å². The number of hydrogen-bond acceptors (Lipinski definition) is 4. The second-order valence-electron chi connectivity index (χ2n) is 7.57. The average Bonchev–Trinajstić information content (AvgIpc) is 3.12. The van der Waals surface area contributed by atoms with Gasteiger partial charge >= 0.3 is 0 Å². The lowest BCUT2D eigenvalue weighted by Gasteiger charge is -2.24. The number of halogens is 1. The fraction of sp³-hybridized carbons (Fsp3) is 0.364. The van der Waals surface area contributed by atoms with E-state index in [4.69, 9.17) is 22.1 Å². The summed E-state index contributed by atoms with van der Waals surface area (Å²) in [6, 6.07) is 9.10. The minimum atomic E-state index is -0.554. The van der Waals surface area contributed by atoms with E-state index < -0.39 is 6.04 Å². The molecule has 1 aliphatic carbocycles. The van der Waals surface area contributed by atoms with Crippen LogP contribution in [0, 0.1) is 0 Å². The second-order valence-corrected chi connectivity index (χ2v) is 7.98. The van der Waals surface area contributed by atoms with Crippen molar-refractivity contribution in [2.45, 2.75) is 50.6 Å². The number of hydrogen-bond donors (Lipinski definition) is 3. The number of ether oxygens (including phenoxy) is 1. The van der Waals surface area contributed by atoms with Gasteiger partial charge in [0.05, 0.1) is 16.5 Å². The molecule has 4 N–H and O–H groups in total. The summed E-state index contributed by atoms with van der Waals surface area (Å²) in [6.45, 7) is 0. The molecule has 3 aromatic rings. The van der Waals surface area contributed by atoms with Crippen molar-refractivity contribution in [2.75, 3.05) is 0 Å². The van der Waals surface area contributed by atoms with E-state index in [0.717, 1.165) is 23.8 Å². The van der Waals surface area contributed by atoms with Crippen molar-refractivity contribution in [3.05, 3.63) is 53.3 Å². The molecule has 29 heavy (non-hydrogen) atoms. The fourth-order valence-corrected chi connectivity index (χ4v) is 4.03. The Bertz CT molecular complexity index is 980. The van der Waals surface area contributed by atoms with E-state index in [-0.39, 0.29) is 11.9 Å². The van der Waals surface area contributed by atoms with E-state index in [1.807, 2.05) is 24.3 Å². The third kappa shape index (κ3) is 4.71. The quantitative estimate of drug-likeness (QED) is 0.561. The van der Waals surface area contributed by atoms with Crippen molar-refractivity contribution in [1.82, 2.24) is 15.3 Å². The first-order chi connectivity index (χ1) is 14.1. The number of aromatic nitrogens is 2.